The van der Waals surface area contributed by atoms with Crippen LogP contribution in [0.4, 0.5) is 5.82 Å². The van der Waals surface area contributed by atoms with Crippen molar-refractivity contribution in [2.45, 2.75) is 75.9 Å². The van der Waals surface area contributed by atoms with Gasteiger partial charge in [-0.15, -0.1) is 0 Å². The molecule has 5 N–H and O–H groups in total. The second kappa shape index (κ2) is 20.6. The summed E-state index contributed by atoms with van der Waals surface area (Å²) in [5.74, 6) is 0.962. The summed E-state index contributed by atoms with van der Waals surface area (Å²) < 4.78 is 0. The average molecular weight is 826 g/mol. The van der Waals surface area contributed by atoms with E-state index in [2.05, 4.69) is 29.8 Å². The number of piperidine rings is 3. The van der Waals surface area contributed by atoms with E-state index in [-0.39, 0.29) is 23.7 Å². The molecule has 0 aliphatic carbocycles. The number of aliphatic hydroxyl groups is 2. The Morgan fingerprint density at radius 2 is 1.15 bits per heavy atom. The second-order valence-corrected chi connectivity index (χ2v) is 17.0. The Kier molecular flexibility index (Phi) is 14.9. The highest BCUT2D eigenvalue weighted by molar-refractivity contribution is 6.45. The number of carbonyl (C=O) groups excluding carboxylic acids is 1. The maximum Gasteiger partial charge on any atom is 0.376 e. The van der Waals surface area contributed by atoms with E-state index in [0.717, 1.165) is 88.2 Å². The molecule has 8 rings (SSSR count). The first-order valence-electron chi connectivity index (χ1n) is 21.8. The van der Waals surface area contributed by atoms with Gasteiger partial charge in [-0.2, -0.15) is 0 Å². The number of anilines is 1. The molecule has 5 aromatic rings. The summed E-state index contributed by atoms with van der Waals surface area (Å²) >= 11 is 0. The third-order valence-corrected chi connectivity index (χ3v) is 13.0. The Balaban J connectivity index is 0.000000202. The predicted octanol–water partition coefficient (Wildman–Crippen LogP) is 4.76. The van der Waals surface area contributed by atoms with Crippen molar-refractivity contribution >= 4 is 18.8 Å². The molecule has 2 unspecified atom stereocenters. The van der Waals surface area contributed by atoms with Gasteiger partial charge >= 0.3 is 7.05 Å². The number of pyridine rings is 5. The van der Waals surface area contributed by atoms with E-state index in [9.17, 15) is 20.0 Å². The summed E-state index contributed by atoms with van der Waals surface area (Å²) in [6, 6.07) is 26.8. The van der Waals surface area contributed by atoms with Crippen molar-refractivity contribution < 1.29 is 20.0 Å². The highest BCUT2D eigenvalue weighted by Crippen LogP contribution is 2.40. The molecule has 0 aromatic carbocycles. The maximum atomic E-state index is 13.4. The van der Waals surface area contributed by atoms with E-state index >= 15 is 0 Å². The standard InChI is InChI=1S/C29H36N6O2.C18H24BN3O2/c30-27-19-22(7-14-33-27)21-34-15-8-23(9-16-34)28(36)35-17-10-24(11-18-35)29(37,26-6-2-4-13-32-26)20-25-5-1-3-12-31-25;1-19(24)22-12-8-15(9-13-22)18(23,17-7-3-5-11-21-17)14-16-6-2-4-10-20-16/h1-7,12-14,19,23-24,37H,8-11,15-18,20-21H2,(H2,30,33);2-7,10-11,15,23-24H,8-9,12-14H2,1H3. The van der Waals surface area contributed by atoms with E-state index in [1.807, 2.05) is 94.6 Å². The Bertz CT molecular complexity index is 2090. The molecule has 0 spiro atoms. The van der Waals surface area contributed by atoms with Crippen LogP contribution in [-0.4, -0.2) is 107 Å². The fourth-order valence-electron chi connectivity index (χ4n) is 9.46. The van der Waals surface area contributed by atoms with Gasteiger partial charge in [-0.05, 0) is 150 Å². The number of nitrogen functional groups attached to an aromatic ring is 1. The molecule has 3 fully saturated rings. The van der Waals surface area contributed by atoms with E-state index in [4.69, 9.17) is 5.73 Å². The van der Waals surface area contributed by atoms with Gasteiger partial charge in [0, 0.05) is 80.8 Å². The molecular weight excluding hydrogens is 765 g/mol. The van der Waals surface area contributed by atoms with Crippen LogP contribution in [0.3, 0.4) is 0 Å². The number of hydrogen-bond donors (Lipinski definition) is 4. The van der Waals surface area contributed by atoms with Crippen molar-refractivity contribution in [3.05, 3.63) is 144 Å². The molecule has 5 aromatic heterocycles. The zero-order valence-corrected chi connectivity index (χ0v) is 35.3. The number of rotatable bonds is 12. The molecule has 13 nitrogen and oxygen atoms in total. The highest BCUT2D eigenvalue weighted by atomic mass is 16.3. The van der Waals surface area contributed by atoms with Crippen molar-refractivity contribution in [1.29, 1.82) is 0 Å². The predicted molar refractivity (Wildman–Crippen MR) is 236 cm³/mol. The Labute approximate surface area is 360 Å². The van der Waals surface area contributed by atoms with Crippen LogP contribution in [0.5, 0.6) is 0 Å². The molecule has 14 heteroatoms. The monoisotopic (exact) mass is 825 g/mol. The summed E-state index contributed by atoms with van der Waals surface area (Å²) in [5.41, 5.74) is 7.89. The topological polar surface area (TPSA) is 178 Å². The van der Waals surface area contributed by atoms with Crippen molar-refractivity contribution in [1.82, 2.24) is 39.5 Å². The van der Waals surface area contributed by atoms with Crippen LogP contribution >= 0.6 is 0 Å². The molecule has 2 atom stereocenters. The molecular formula is C47H60BN9O4. The van der Waals surface area contributed by atoms with Gasteiger partial charge in [-0.1, -0.05) is 24.3 Å². The molecule has 3 aliphatic rings. The molecule has 320 valence electrons. The summed E-state index contributed by atoms with van der Waals surface area (Å²) in [7, 11) is -0.440. The largest absolute Gasteiger partial charge is 0.437 e. The zero-order chi connectivity index (χ0) is 42.7. The molecule has 61 heavy (non-hydrogen) atoms. The van der Waals surface area contributed by atoms with Crippen LogP contribution in [-0.2, 0) is 35.4 Å². The van der Waals surface area contributed by atoms with E-state index in [1.54, 1.807) is 37.8 Å². The minimum Gasteiger partial charge on any atom is -0.437 e. The number of nitrogens with two attached hydrogens (primary N) is 1. The lowest BCUT2D eigenvalue weighted by molar-refractivity contribution is -0.140. The summed E-state index contributed by atoms with van der Waals surface area (Å²) in [5, 5.41) is 33.3. The average Bonchev–Trinajstić information content (AvgIpc) is 3.30. The van der Waals surface area contributed by atoms with Gasteiger partial charge in [-0.3, -0.25) is 29.6 Å². The Morgan fingerprint density at radius 1 is 0.656 bits per heavy atom. The maximum absolute atomic E-state index is 13.4. The van der Waals surface area contributed by atoms with Crippen LogP contribution in [0, 0.1) is 17.8 Å². The van der Waals surface area contributed by atoms with E-state index < -0.39 is 18.3 Å². The number of aromatic nitrogens is 5. The highest BCUT2D eigenvalue weighted by Gasteiger charge is 2.44. The Morgan fingerprint density at radius 3 is 1.59 bits per heavy atom. The van der Waals surface area contributed by atoms with Gasteiger partial charge in [0.2, 0.25) is 5.91 Å². The van der Waals surface area contributed by atoms with Crippen molar-refractivity contribution in [3.63, 3.8) is 0 Å². The van der Waals surface area contributed by atoms with E-state index in [1.165, 1.54) is 0 Å². The normalized spacial score (nSPS) is 19.2. The first kappa shape index (κ1) is 44.0. The number of nitrogens with zero attached hydrogens (tertiary/aromatic N) is 8. The minimum atomic E-state index is -1.12. The van der Waals surface area contributed by atoms with Crippen molar-refractivity contribution in [2.24, 2.45) is 17.8 Å². The third kappa shape index (κ3) is 11.2. The first-order valence-corrected chi connectivity index (χ1v) is 21.8. The van der Waals surface area contributed by atoms with E-state index in [0.29, 0.717) is 43.1 Å². The minimum absolute atomic E-state index is 0.00287. The van der Waals surface area contributed by atoms with Crippen LogP contribution in [0.25, 0.3) is 0 Å². The SMILES string of the molecule is CB(O)N1CCC(C(O)(Cc2ccccn2)c2ccccn2)CC1.Nc1cc(CN2CCC(C(=O)N3CCC(C(O)(Cc4ccccn4)c4ccccn4)CC3)CC2)ccn1. The van der Waals surface area contributed by atoms with Crippen molar-refractivity contribution in [3.8, 4) is 0 Å². The lowest BCUT2D eigenvalue weighted by Gasteiger charge is -2.42. The van der Waals surface area contributed by atoms with Gasteiger partial charge in [0.1, 0.15) is 17.0 Å². The fraction of sp³-hybridized carbons (Fsp3) is 0.447. The second-order valence-electron chi connectivity index (χ2n) is 17.0. The van der Waals surface area contributed by atoms with Crippen molar-refractivity contribution in [2.75, 3.05) is 45.0 Å². The lowest BCUT2D eigenvalue weighted by atomic mass is 9.72. The number of hydrogen-bond acceptors (Lipinski definition) is 12. The van der Waals surface area contributed by atoms with Gasteiger partial charge in [0.15, 0.2) is 0 Å². The number of likely N-dealkylation sites (tertiary alicyclic amines) is 2. The molecule has 8 heterocycles. The molecule has 0 radical (unpaired) electrons. The quantitative estimate of drug-likeness (QED) is 0.127. The van der Waals surface area contributed by atoms with Gasteiger partial charge < -0.3 is 30.7 Å². The van der Waals surface area contributed by atoms with Crippen LogP contribution < -0.4 is 5.73 Å². The van der Waals surface area contributed by atoms with Crippen LogP contribution in [0.15, 0.2) is 116 Å². The summed E-state index contributed by atoms with van der Waals surface area (Å²) in [4.78, 5) is 41.7. The molecule has 0 bridgehead atoms. The molecule has 3 saturated heterocycles. The third-order valence-electron chi connectivity index (χ3n) is 13.0. The zero-order valence-electron chi connectivity index (χ0n) is 35.3. The molecule has 0 saturated carbocycles. The van der Waals surface area contributed by atoms with Crippen LogP contribution in [0.1, 0.15) is 66.9 Å². The van der Waals surface area contributed by atoms with Gasteiger partial charge in [-0.25, -0.2) is 4.98 Å². The molecule has 1 amide bonds. The summed E-state index contributed by atoms with van der Waals surface area (Å²) in [6.45, 7) is 7.31. The van der Waals surface area contributed by atoms with Crippen LogP contribution in [0.2, 0.25) is 6.82 Å². The van der Waals surface area contributed by atoms with Gasteiger partial charge in [0.25, 0.3) is 0 Å². The fourth-order valence-corrected chi connectivity index (χ4v) is 9.46. The lowest BCUT2D eigenvalue weighted by Crippen LogP contribution is -2.49. The number of carbonyl (C=O) groups is 1. The van der Waals surface area contributed by atoms with Gasteiger partial charge in [0.05, 0.1) is 11.4 Å². The first-order chi connectivity index (χ1) is 29.6. The molecule has 3 aliphatic heterocycles. The smallest absolute Gasteiger partial charge is 0.376 e. The Hall–Kier alpha value is -5.12. The summed E-state index contributed by atoms with van der Waals surface area (Å²) in [6.07, 6.45) is 14.4. The number of amides is 1.